The van der Waals surface area contributed by atoms with Gasteiger partial charge in [-0.3, -0.25) is 9.11 Å². The Bertz CT molecular complexity index is 749. The van der Waals surface area contributed by atoms with Crippen LogP contribution in [0, 0.1) is 6.07 Å². The van der Waals surface area contributed by atoms with Crippen molar-refractivity contribution in [3.05, 3.63) is 36.4 Å². The van der Waals surface area contributed by atoms with Crippen molar-refractivity contribution in [1.82, 2.24) is 0 Å². The van der Waals surface area contributed by atoms with Gasteiger partial charge in [-0.2, -0.15) is 16.8 Å². The van der Waals surface area contributed by atoms with E-state index in [1.165, 1.54) is 18.2 Å². The highest BCUT2D eigenvalue weighted by Gasteiger charge is 2.13. The maximum atomic E-state index is 10.9. The Balaban J connectivity index is 2.70. The molecule has 0 aliphatic heterocycles. The second-order valence-corrected chi connectivity index (χ2v) is 6.33. The Morgan fingerprint density at radius 3 is 2.11 bits per heavy atom. The second kappa shape index (κ2) is 4.02. The van der Waals surface area contributed by atoms with Crippen molar-refractivity contribution in [2.45, 2.75) is 9.79 Å². The van der Waals surface area contributed by atoms with Gasteiger partial charge in [-0.25, -0.2) is 0 Å². The third-order valence-corrected chi connectivity index (χ3v) is 3.91. The van der Waals surface area contributed by atoms with E-state index in [4.69, 9.17) is 9.11 Å². The van der Waals surface area contributed by atoms with Gasteiger partial charge in [0, 0.05) is 6.07 Å². The Labute approximate surface area is 103 Å². The summed E-state index contributed by atoms with van der Waals surface area (Å²) < 4.78 is 61.3. The van der Waals surface area contributed by atoms with Crippen LogP contribution >= 0.6 is 0 Å². The quantitative estimate of drug-likeness (QED) is 0.801. The van der Waals surface area contributed by atoms with Crippen LogP contribution < -0.4 is 0 Å². The van der Waals surface area contributed by atoms with Crippen LogP contribution in [0.1, 0.15) is 0 Å². The summed E-state index contributed by atoms with van der Waals surface area (Å²) in [6, 6.07) is 8.40. The molecule has 18 heavy (non-hydrogen) atoms. The molecule has 0 aliphatic carbocycles. The van der Waals surface area contributed by atoms with E-state index in [-0.39, 0.29) is 4.90 Å². The largest absolute Gasteiger partial charge is 0.295 e. The summed E-state index contributed by atoms with van der Waals surface area (Å²) in [5.74, 6) is 0. The summed E-state index contributed by atoms with van der Waals surface area (Å²) in [5, 5.41) is 0.676. The molecule has 0 saturated heterocycles. The predicted octanol–water partition coefficient (Wildman–Crippen LogP) is 1.13. The van der Waals surface area contributed by atoms with Crippen LogP contribution in [0.15, 0.2) is 40.1 Å². The Morgan fingerprint density at radius 1 is 0.889 bits per heavy atom. The highest BCUT2D eigenvalue weighted by atomic mass is 32.2. The summed E-state index contributed by atoms with van der Waals surface area (Å²) in [7, 11) is -8.67. The molecule has 0 saturated carbocycles. The molecule has 0 fully saturated rings. The molecule has 0 heterocycles. The fourth-order valence-corrected chi connectivity index (χ4v) is 2.44. The summed E-state index contributed by atoms with van der Waals surface area (Å²) in [6.45, 7) is 0. The Kier molecular flexibility index (Phi) is 2.90. The molecule has 0 bridgehead atoms. The molecule has 95 valence electrons. The first-order chi connectivity index (χ1) is 8.18. The van der Waals surface area contributed by atoms with Crippen molar-refractivity contribution in [3.8, 4) is 0 Å². The lowest BCUT2D eigenvalue weighted by molar-refractivity contribution is 0.480. The molecule has 0 aromatic heterocycles. The van der Waals surface area contributed by atoms with E-state index in [0.29, 0.717) is 10.8 Å². The van der Waals surface area contributed by atoms with Crippen molar-refractivity contribution >= 4 is 31.0 Å². The maximum absolute atomic E-state index is 10.9. The highest BCUT2D eigenvalue weighted by Crippen LogP contribution is 2.21. The van der Waals surface area contributed by atoms with Crippen molar-refractivity contribution < 1.29 is 25.9 Å². The van der Waals surface area contributed by atoms with E-state index in [2.05, 4.69) is 6.07 Å². The molecule has 2 aromatic rings. The van der Waals surface area contributed by atoms with Gasteiger partial charge in [-0.1, -0.05) is 12.1 Å². The molecular formula is C10H7O6S2. The van der Waals surface area contributed by atoms with E-state index >= 15 is 0 Å². The normalized spacial score (nSPS) is 12.8. The molecule has 8 heteroatoms. The first-order valence-electron chi connectivity index (χ1n) is 4.59. The summed E-state index contributed by atoms with van der Waals surface area (Å²) in [4.78, 5) is -0.711. The van der Waals surface area contributed by atoms with E-state index < -0.39 is 25.1 Å². The first kappa shape index (κ1) is 13.0. The van der Waals surface area contributed by atoms with Gasteiger partial charge in [0.15, 0.2) is 0 Å². The average Bonchev–Trinajstić information content (AvgIpc) is 2.25. The third kappa shape index (κ3) is 2.51. The van der Waals surface area contributed by atoms with Gasteiger partial charge in [0.05, 0.1) is 4.90 Å². The monoisotopic (exact) mass is 287 g/mol. The van der Waals surface area contributed by atoms with Crippen LogP contribution in [-0.4, -0.2) is 25.9 Å². The molecule has 0 atom stereocenters. The molecule has 2 rings (SSSR count). The van der Waals surface area contributed by atoms with Crippen LogP contribution in [0.3, 0.4) is 0 Å². The molecule has 2 N–H and O–H groups in total. The molecule has 0 amide bonds. The van der Waals surface area contributed by atoms with Crippen molar-refractivity contribution in [1.29, 1.82) is 0 Å². The van der Waals surface area contributed by atoms with Crippen LogP contribution in [0.4, 0.5) is 0 Å². The lowest BCUT2D eigenvalue weighted by Gasteiger charge is -2.02. The van der Waals surface area contributed by atoms with Gasteiger partial charge in [-0.05, 0) is 29.0 Å². The zero-order chi connectivity index (χ0) is 13.6. The molecule has 0 unspecified atom stereocenters. The van der Waals surface area contributed by atoms with E-state index in [1.807, 2.05) is 0 Å². The fraction of sp³-hybridized carbons (Fsp3) is 0. The number of benzene rings is 2. The summed E-state index contributed by atoms with van der Waals surface area (Å²) in [6.07, 6.45) is 0. The first-order valence-corrected chi connectivity index (χ1v) is 7.47. The lowest BCUT2D eigenvalue weighted by atomic mass is 10.1. The van der Waals surface area contributed by atoms with Gasteiger partial charge < -0.3 is 0 Å². The SMILES string of the molecule is O=S(=O)(O)c1[c]c2ccc(S(=O)(=O)O)cc2cc1. The van der Waals surface area contributed by atoms with Gasteiger partial charge in [0.1, 0.15) is 4.90 Å². The minimum atomic E-state index is -4.36. The van der Waals surface area contributed by atoms with Crippen molar-refractivity contribution in [2.75, 3.05) is 0 Å². The number of rotatable bonds is 2. The van der Waals surface area contributed by atoms with Crippen LogP contribution in [0.2, 0.25) is 0 Å². The molecule has 1 radical (unpaired) electrons. The van der Waals surface area contributed by atoms with Gasteiger partial charge >= 0.3 is 0 Å². The number of hydrogen-bond donors (Lipinski definition) is 2. The minimum Gasteiger partial charge on any atom is -0.282 e. The van der Waals surface area contributed by atoms with E-state index in [1.54, 1.807) is 0 Å². The fourth-order valence-electron chi connectivity index (χ4n) is 1.44. The zero-order valence-corrected chi connectivity index (χ0v) is 10.4. The van der Waals surface area contributed by atoms with Gasteiger partial charge in [0.2, 0.25) is 0 Å². The van der Waals surface area contributed by atoms with Crippen molar-refractivity contribution in [2.24, 2.45) is 0 Å². The highest BCUT2D eigenvalue weighted by molar-refractivity contribution is 7.86. The average molecular weight is 287 g/mol. The van der Waals surface area contributed by atoms with Gasteiger partial charge in [0.25, 0.3) is 20.2 Å². The lowest BCUT2D eigenvalue weighted by Crippen LogP contribution is -1.99. The van der Waals surface area contributed by atoms with Crippen LogP contribution in [0.5, 0.6) is 0 Å². The number of hydrogen-bond acceptors (Lipinski definition) is 4. The minimum absolute atomic E-state index is 0.303. The summed E-state index contributed by atoms with van der Waals surface area (Å²) in [5.41, 5.74) is 0. The number of fused-ring (bicyclic) bond motifs is 1. The zero-order valence-electron chi connectivity index (χ0n) is 8.73. The molecule has 6 nitrogen and oxygen atoms in total. The standard InChI is InChI=1S/C10H7O6S2/c11-17(12,13)9-3-1-7-5-10(18(14,15)16)4-2-8(7)6-9/h1-5H,(H,11,12,13)(H,14,15,16). The van der Waals surface area contributed by atoms with Gasteiger partial charge in [-0.15, -0.1) is 0 Å². The molecule has 0 aliphatic rings. The smallest absolute Gasteiger partial charge is 0.282 e. The third-order valence-electron chi connectivity index (χ3n) is 2.27. The van der Waals surface area contributed by atoms with Crippen LogP contribution in [0.25, 0.3) is 10.8 Å². The topological polar surface area (TPSA) is 109 Å². The van der Waals surface area contributed by atoms with E-state index in [0.717, 1.165) is 12.1 Å². The maximum Gasteiger partial charge on any atom is 0.295 e. The van der Waals surface area contributed by atoms with Crippen molar-refractivity contribution in [3.63, 3.8) is 0 Å². The molecule has 0 spiro atoms. The second-order valence-electron chi connectivity index (χ2n) is 3.52. The Hall–Kier alpha value is -1.48. The van der Waals surface area contributed by atoms with E-state index in [9.17, 15) is 16.8 Å². The molecular weight excluding hydrogens is 280 g/mol. The van der Waals surface area contributed by atoms with Crippen LogP contribution in [-0.2, 0) is 20.2 Å². The predicted molar refractivity (Wildman–Crippen MR) is 62.4 cm³/mol. The summed E-state index contributed by atoms with van der Waals surface area (Å²) >= 11 is 0. The molecule has 2 aromatic carbocycles. The Morgan fingerprint density at radius 2 is 1.56 bits per heavy atom.